The van der Waals surface area contributed by atoms with E-state index in [2.05, 4.69) is 51.1 Å². The van der Waals surface area contributed by atoms with Gasteiger partial charge >= 0.3 is 0 Å². The van der Waals surface area contributed by atoms with Crippen LogP contribution in [0.15, 0.2) is 11.3 Å². The van der Waals surface area contributed by atoms with E-state index in [1.54, 1.807) is 6.33 Å². The molecule has 1 atom stereocenters. The number of aliphatic imine (C=N–C) groups is 1. The Morgan fingerprint density at radius 3 is 2.92 bits per heavy atom. The molecule has 24 heavy (non-hydrogen) atoms. The molecule has 0 bridgehead atoms. The normalized spacial score (nSPS) is 19.5. The molecular weight excluding hydrogens is 302 g/mol. The number of nitrogens with zero attached hydrogens (tertiary/aromatic N) is 5. The van der Waals surface area contributed by atoms with Gasteiger partial charge in [0.15, 0.2) is 5.96 Å². The van der Waals surface area contributed by atoms with Crippen molar-refractivity contribution in [2.24, 2.45) is 4.99 Å². The van der Waals surface area contributed by atoms with E-state index >= 15 is 0 Å². The Hall–Kier alpha value is -1.63. The fourth-order valence-corrected chi connectivity index (χ4v) is 3.26. The van der Waals surface area contributed by atoms with Gasteiger partial charge in [-0.1, -0.05) is 20.3 Å². The van der Waals surface area contributed by atoms with E-state index < -0.39 is 0 Å². The number of hydrogen-bond acceptors (Lipinski definition) is 4. The van der Waals surface area contributed by atoms with Crippen LogP contribution in [0.25, 0.3) is 0 Å². The molecule has 0 spiro atoms. The van der Waals surface area contributed by atoms with Crippen molar-refractivity contribution in [1.29, 1.82) is 0 Å². The minimum Gasteiger partial charge on any atom is -0.357 e. The smallest absolute Gasteiger partial charge is 0.191 e. The third-order valence-electron chi connectivity index (χ3n) is 4.62. The van der Waals surface area contributed by atoms with E-state index in [1.165, 1.54) is 25.8 Å². The first-order valence-corrected chi connectivity index (χ1v) is 9.41. The molecule has 7 nitrogen and oxygen atoms in total. The van der Waals surface area contributed by atoms with Gasteiger partial charge in [-0.2, -0.15) is 0 Å². The number of aromatic nitrogens is 3. The lowest BCUT2D eigenvalue weighted by molar-refractivity contribution is 0.161. The lowest BCUT2D eigenvalue weighted by Gasteiger charge is -2.33. The van der Waals surface area contributed by atoms with Gasteiger partial charge < -0.3 is 15.2 Å². The minimum atomic E-state index is 0.587. The monoisotopic (exact) mass is 335 g/mol. The summed E-state index contributed by atoms with van der Waals surface area (Å²) in [6.07, 6.45) is 6.62. The highest BCUT2D eigenvalue weighted by atomic mass is 15.3. The summed E-state index contributed by atoms with van der Waals surface area (Å²) in [4.78, 5) is 7.37. The third kappa shape index (κ3) is 5.47. The molecule has 1 aliphatic heterocycles. The Morgan fingerprint density at radius 1 is 1.29 bits per heavy atom. The molecule has 1 aromatic heterocycles. The molecule has 0 aromatic carbocycles. The van der Waals surface area contributed by atoms with Gasteiger partial charge in [0.05, 0.1) is 6.54 Å². The number of guanidine groups is 1. The summed E-state index contributed by atoms with van der Waals surface area (Å²) >= 11 is 0. The minimum absolute atomic E-state index is 0.587. The summed E-state index contributed by atoms with van der Waals surface area (Å²) in [6.45, 7) is 12.2. The van der Waals surface area contributed by atoms with Crippen LogP contribution in [-0.2, 0) is 13.0 Å². The first-order valence-electron chi connectivity index (χ1n) is 9.41. The van der Waals surface area contributed by atoms with Crippen LogP contribution < -0.4 is 10.6 Å². The highest BCUT2D eigenvalue weighted by Crippen LogP contribution is 2.16. The maximum Gasteiger partial charge on any atom is 0.191 e. The van der Waals surface area contributed by atoms with Crippen molar-refractivity contribution in [3.63, 3.8) is 0 Å². The van der Waals surface area contributed by atoms with Crippen LogP contribution in [-0.4, -0.2) is 64.4 Å². The molecule has 2 N–H and O–H groups in total. The number of piperidine rings is 1. The molecule has 7 heteroatoms. The van der Waals surface area contributed by atoms with Gasteiger partial charge in [-0.15, -0.1) is 10.2 Å². The second-order valence-corrected chi connectivity index (χ2v) is 6.22. The van der Waals surface area contributed by atoms with E-state index in [9.17, 15) is 0 Å². The molecule has 1 saturated heterocycles. The van der Waals surface area contributed by atoms with Crippen LogP contribution in [0.1, 0.15) is 45.9 Å². The quantitative estimate of drug-likeness (QED) is 0.553. The van der Waals surface area contributed by atoms with Gasteiger partial charge in [0.25, 0.3) is 0 Å². The predicted molar refractivity (Wildman–Crippen MR) is 98.3 cm³/mol. The highest BCUT2D eigenvalue weighted by Gasteiger charge is 2.20. The molecular formula is C17H33N7. The number of likely N-dealkylation sites (tertiary alicyclic amines) is 1. The second-order valence-electron chi connectivity index (χ2n) is 6.22. The molecule has 1 aromatic rings. The van der Waals surface area contributed by atoms with Crippen LogP contribution in [0.5, 0.6) is 0 Å². The van der Waals surface area contributed by atoms with Gasteiger partial charge in [0.1, 0.15) is 12.2 Å². The molecule has 0 amide bonds. The summed E-state index contributed by atoms with van der Waals surface area (Å²) in [5.74, 6) is 1.93. The van der Waals surface area contributed by atoms with Crippen molar-refractivity contribution < 1.29 is 0 Å². The van der Waals surface area contributed by atoms with E-state index in [4.69, 9.17) is 4.99 Å². The molecule has 136 valence electrons. The lowest BCUT2D eigenvalue weighted by Crippen LogP contribution is -2.43. The van der Waals surface area contributed by atoms with Crippen molar-refractivity contribution in [1.82, 2.24) is 30.3 Å². The van der Waals surface area contributed by atoms with Crippen LogP contribution in [0, 0.1) is 0 Å². The molecule has 0 radical (unpaired) electrons. The number of aryl methyl sites for hydroxylation is 1. The standard InChI is InChI=1S/C17H33N7/c1-4-16-22-21-14-24(16)12-10-19-17(18-5-2)20-13-15-9-7-8-11-23(15)6-3/h14-15H,4-13H2,1-3H3,(H2,18,19,20). The third-order valence-corrected chi connectivity index (χ3v) is 4.62. The first kappa shape index (κ1) is 18.7. The predicted octanol–water partition coefficient (Wildman–Crippen LogP) is 1.27. The SMILES string of the molecule is CCNC(=NCC1CCCCN1CC)NCCn1cnnc1CC. The van der Waals surface area contributed by atoms with Crippen molar-refractivity contribution in [2.75, 3.05) is 32.7 Å². The van der Waals surface area contributed by atoms with Crippen LogP contribution >= 0.6 is 0 Å². The van der Waals surface area contributed by atoms with E-state index in [0.717, 1.165) is 50.9 Å². The zero-order valence-electron chi connectivity index (χ0n) is 15.5. The lowest BCUT2D eigenvalue weighted by atomic mass is 10.0. The number of likely N-dealkylation sites (N-methyl/N-ethyl adjacent to an activating group) is 1. The zero-order chi connectivity index (χ0) is 17.2. The number of rotatable bonds is 8. The van der Waals surface area contributed by atoms with Crippen molar-refractivity contribution >= 4 is 5.96 Å². The van der Waals surface area contributed by atoms with E-state index in [-0.39, 0.29) is 0 Å². The van der Waals surface area contributed by atoms with Crippen LogP contribution in [0.3, 0.4) is 0 Å². The zero-order valence-corrected chi connectivity index (χ0v) is 15.5. The van der Waals surface area contributed by atoms with Crippen molar-refractivity contribution in [3.05, 3.63) is 12.2 Å². The second kappa shape index (κ2) is 10.3. The first-order chi connectivity index (χ1) is 11.8. The summed E-state index contributed by atoms with van der Waals surface area (Å²) in [5.41, 5.74) is 0. The number of hydrogen-bond donors (Lipinski definition) is 2. The Balaban J connectivity index is 1.83. The highest BCUT2D eigenvalue weighted by molar-refractivity contribution is 5.79. The Bertz CT molecular complexity index is 497. The van der Waals surface area contributed by atoms with Gasteiger partial charge in [-0.25, -0.2) is 0 Å². The Morgan fingerprint density at radius 2 is 2.17 bits per heavy atom. The average Bonchev–Trinajstić information content (AvgIpc) is 3.07. The molecule has 2 heterocycles. The van der Waals surface area contributed by atoms with Crippen molar-refractivity contribution in [3.8, 4) is 0 Å². The molecule has 1 unspecified atom stereocenters. The molecule has 0 aliphatic carbocycles. The molecule has 1 fully saturated rings. The van der Waals surface area contributed by atoms with Crippen molar-refractivity contribution in [2.45, 2.75) is 59.0 Å². The summed E-state index contributed by atoms with van der Waals surface area (Å²) in [6, 6.07) is 0.587. The maximum atomic E-state index is 4.81. The fourth-order valence-electron chi connectivity index (χ4n) is 3.26. The van der Waals surface area contributed by atoms with Crippen LogP contribution in [0.4, 0.5) is 0 Å². The van der Waals surface area contributed by atoms with Crippen LogP contribution in [0.2, 0.25) is 0 Å². The molecule has 1 aliphatic rings. The Labute approximate surface area is 145 Å². The van der Waals surface area contributed by atoms with E-state index in [0.29, 0.717) is 6.04 Å². The summed E-state index contributed by atoms with van der Waals surface area (Å²) in [7, 11) is 0. The molecule has 2 rings (SSSR count). The van der Waals surface area contributed by atoms with Gasteiger partial charge in [0, 0.05) is 32.1 Å². The number of nitrogens with one attached hydrogen (secondary N) is 2. The average molecular weight is 336 g/mol. The summed E-state index contributed by atoms with van der Waals surface area (Å²) in [5, 5.41) is 14.9. The maximum absolute atomic E-state index is 4.81. The van der Waals surface area contributed by atoms with Gasteiger partial charge in [0.2, 0.25) is 0 Å². The Kier molecular flexibility index (Phi) is 8.01. The topological polar surface area (TPSA) is 70.4 Å². The van der Waals surface area contributed by atoms with Gasteiger partial charge in [-0.3, -0.25) is 9.89 Å². The molecule has 0 saturated carbocycles. The summed E-state index contributed by atoms with van der Waals surface area (Å²) < 4.78 is 2.09. The van der Waals surface area contributed by atoms with E-state index in [1.807, 2.05) is 0 Å². The fraction of sp³-hybridized carbons (Fsp3) is 0.824. The van der Waals surface area contributed by atoms with Gasteiger partial charge in [-0.05, 0) is 32.9 Å². The largest absolute Gasteiger partial charge is 0.357 e.